The molecular weight excluding hydrogens is 460 g/mol. The minimum absolute atomic E-state index is 0.118. The molecule has 0 atom stereocenters. The number of amides is 1. The number of methoxy groups -OCH3 is 2. The number of carbonyl (C=O) groups is 1. The van der Waals surface area contributed by atoms with Crippen molar-refractivity contribution in [1.82, 2.24) is 15.2 Å². The van der Waals surface area contributed by atoms with E-state index in [-0.39, 0.29) is 5.91 Å². The second-order valence-electron chi connectivity index (χ2n) is 7.62. The third-order valence-electron chi connectivity index (χ3n) is 5.58. The molecule has 2 aromatic carbocycles. The van der Waals surface area contributed by atoms with Crippen molar-refractivity contribution < 1.29 is 14.3 Å². The first-order valence-electron chi connectivity index (χ1n) is 10.8. The Morgan fingerprint density at radius 1 is 1.15 bits per heavy atom. The SMILES string of the molecule is COc1ccc2sc(N3CCN(CCNC(=O)/C=C/c4ccccc4Cl)CC3)nc2c1OC. The number of ether oxygens (including phenoxy) is 2. The van der Waals surface area contributed by atoms with Gasteiger partial charge in [0, 0.05) is 50.4 Å². The Balaban J connectivity index is 1.25. The molecule has 1 N–H and O–H groups in total. The van der Waals surface area contributed by atoms with Crippen molar-refractivity contribution in [2.24, 2.45) is 0 Å². The normalized spacial score (nSPS) is 14.7. The number of fused-ring (bicyclic) bond motifs is 1. The molecule has 0 spiro atoms. The van der Waals surface area contributed by atoms with E-state index in [0.717, 1.165) is 53.6 Å². The van der Waals surface area contributed by atoms with E-state index in [1.807, 2.05) is 30.3 Å². The second-order valence-corrected chi connectivity index (χ2v) is 9.04. The van der Waals surface area contributed by atoms with Crippen LogP contribution in [0.1, 0.15) is 5.56 Å². The van der Waals surface area contributed by atoms with Crippen molar-refractivity contribution in [2.45, 2.75) is 0 Å². The number of carbonyl (C=O) groups excluding carboxylic acids is 1. The van der Waals surface area contributed by atoms with Crippen molar-refractivity contribution >= 4 is 50.3 Å². The predicted molar refractivity (Wildman–Crippen MR) is 135 cm³/mol. The molecule has 4 rings (SSSR count). The van der Waals surface area contributed by atoms with E-state index in [9.17, 15) is 4.79 Å². The summed E-state index contributed by atoms with van der Waals surface area (Å²) in [7, 11) is 3.27. The molecule has 1 fully saturated rings. The van der Waals surface area contributed by atoms with Gasteiger partial charge in [-0.15, -0.1) is 0 Å². The second kappa shape index (κ2) is 10.9. The van der Waals surface area contributed by atoms with Crippen molar-refractivity contribution in [3.05, 3.63) is 53.1 Å². The van der Waals surface area contributed by atoms with Gasteiger partial charge in [-0.1, -0.05) is 41.1 Å². The molecule has 0 bridgehead atoms. The number of nitrogens with zero attached hydrogens (tertiary/aromatic N) is 3. The van der Waals surface area contributed by atoms with E-state index >= 15 is 0 Å². The van der Waals surface area contributed by atoms with Gasteiger partial charge in [0.25, 0.3) is 0 Å². The monoisotopic (exact) mass is 486 g/mol. The molecule has 9 heteroatoms. The predicted octanol–water partition coefficient (Wildman–Crippen LogP) is 3.92. The van der Waals surface area contributed by atoms with Crippen molar-refractivity contribution in [3.8, 4) is 11.5 Å². The number of hydrogen-bond acceptors (Lipinski definition) is 7. The van der Waals surface area contributed by atoms with Crippen LogP contribution in [-0.2, 0) is 4.79 Å². The highest BCUT2D eigenvalue weighted by Crippen LogP contribution is 2.40. The molecule has 1 amide bonds. The Morgan fingerprint density at radius 3 is 2.67 bits per heavy atom. The summed E-state index contributed by atoms with van der Waals surface area (Å²) in [4.78, 5) is 21.6. The molecule has 0 aliphatic carbocycles. The molecule has 2 heterocycles. The van der Waals surface area contributed by atoms with E-state index in [1.54, 1.807) is 37.7 Å². The van der Waals surface area contributed by atoms with Gasteiger partial charge in [-0.3, -0.25) is 9.69 Å². The number of aromatic nitrogens is 1. The van der Waals surface area contributed by atoms with Gasteiger partial charge in [0.2, 0.25) is 5.91 Å². The van der Waals surface area contributed by atoms with E-state index in [0.29, 0.717) is 23.1 Å². The third kappa shape index (κ3) is 5.58. The Labute approximate surface area is 202 Å². The topological polar surface area (TPSA) is 66.9 Å². The maximum absolute atomic E-state index is 12.1. The molecule has 1 aromatic heterocycles. The van der Waals surface area contributed by atoms with E-state index in [4.69, 9.17) is 26.1 Å². The minimum Gasteiger partial charge on any atom is -0.493 e. The van der Waals surface area contributed by atoms with Gasteiger partial charge in [-0.25, -0.2) is 4.98 Å². The zero-order valence-electron chi connectivity index (χ0n) is 18.7. The van der Waals surface area contributed by atoms with Crippen LogP contribution < -0.4 is 19.7 Å². The van der Waals surface area contributed by atoms with E-state index in [2.05, 4.69) is 15.1 Å². The fourth-order valence-corrected chi connectivity index (χ4v) is 4.98. The highest BCUT2D eigenvalue weighted by molar-refractivity contribution is 7.22. The maximum atomic E-state index is 12.1. The Hall–Kier alpha value is -2.81. The molecule has 7 nitrogen and oxygen atoms in total. The number of benzene rings is 2. The van der Waals surface area contributed by atoms with Crippen LogP contribution >= 0.6 is 22.9 Å². The summed E-state index contributed by atoms with van der Waals surface area (Å²) >= 11 is 7.78. The number of piperazine rings is 1. The average molecular weight is 487 g/mol. The molecule has 174 valence electrons. The van der Waals surface area contributed by atoms with Crippen LogP contribution in [0, 0.1) is 0 Å². The van der Waals surface area contributed by atoms with E-state index in [1.165, 1.54) is 6.08 Å². The Bertz CT molecular complexity index is 1140. The minimum atomic E-state index is -0.118. The van der Waals surface area contributed by atoms with Crippen LogP contribution in [0.15, 0.2) is 42.5 Å². The third-order valence-corrected chi connectivity index (χ3v) is 7.01. The summed E-state index contributed by atoms with van der Waals surface area (Å²) in [6.07, 6.45) is 3.26. The largest absolute Gasteiger partial charge is 0.493 e. The lowest BCUT2D eigenvalue weighted by Crippen LogP contribution is -2.48. The van der Waals surface area contributed by atoms with Gasteiger partial charge in [0.05, 0.1) is 18.9 Å². The number of nitrogens with one attached hydrogen (secondary N) is 1. The molecule has 0 unspecified atom stereocenters. The quantitative estimate of drug-likeness (QED) is 0.487. The zero-order valence-corrected chi connectivity index (χ0v) is 20.3. The number of anilines is 1. The number of halogens is 1. The van der Waals surface area contributed by atoms with Crippen LogP contribution in [0.2, 0.25) is 5.02 Å². The standard InChI is InChI=1S/C24H27ClN4O3S/c1-31-19-8-9-20-22(23(19)32-2)27-24(33-20)29-15-13-28(14-16-29)12-11-26-21(30)10-7-17-5-3-4-6-18(17)25/h3-10H,11-16H2,1-2H3,(H,26,30)/b10-7+. The van der Waals surface area contributed by atoms with E-state index < -0.39 is 0 Å². The van der Waals surface area contributed by atoms with Crippen LogP contribution in [0.5, 0.6) is 11.5 Å². The van der Waals surface area contributed by atoms with Gasteiger partial charge in [0.1, 0.15) is 5.52 Å². The molecule has 0 radical (unpaired) electrons. The molecule has 1 aliphatic heterocycles. The number of rotatable bonds is 8. The molecule has 1 saturated heterocycles. The Kier molecular flexibility index (Phi) is 7.69. The van der Waals surface area contributed by atoms with Gasteiger partial charge in [0.15, 0.2) is 16.6 Å². The summed E-state index contributed by atoms with van der Waals surface area (Å²) in [5.41, 5.74) is 1.67. The molecule has 3 aromatic rings. The summed E-state index contributed by atoms with van der Waals surface area (Å²) in [6.45, 7) is 5.02. The smallest absolute Gasteiger partial charge is 0.244 e. The summed E-state index contributed by atoms with van der Waals surface area (Å²) in [6, 6.07) is 11.4. The lowest BCUT2D eigenvalue weighted by molar-refractivity contribution is -0.116. The highest BCUT2D eigenvalue weighted by Gasteiger charge is 2.21. The van der Waals surface area contributed by atoms with Gasteiger partial charge in [-0.2, -0.15) is 0 Å². The van der Waals surface area contributed by atoms with Crippen LogP contribution in [0.25, 0.3) is 16.3 Å². The van der Waals surface area contributed by atoms with Gasteiger partial charge < -0.3 is 19.7 Å². The molecule has 0 saturated carbocycles. The highest BCUT2D eigenvalue weighted by atomic mass is 35.5. The summed E-state index contributed by atoms with van der Waals surface area (Å²) in [5, 5.41) is 4.57. The van der Waals surface area contributed by atoms with Gasteiger partial charge in [-0.05, 0) is 29.8 Å². The summed E-state index contributed by atoms with van der Waals surface area (Å²) < 4.78 is 12.0. The molecular formula is C24H27ClN4O3S. The van der Waals surface area contributed by atoms with Gasteiger partial charge >= 0.3 is 0 Å². The lowest BCUT2D eigenvalue weighted by atomic mass is 10.2. The fourth-order valence-electron chi connectivity index (χ4n) is 3.77. The Morgan fingerprint density at radius 2 is 1.94 bits per heavy atom. The molecule has 33 heavy (non-hydrogen) atoms. The first-order chi connectivity index (χ1) is 16.1. The number of hydrogen-bond donors (Lipinski definition) is 1. The fraction of sp³-hybridized carbons (Fsp3) is 0.333. The van der Waals surface area contributed by atoms with Crippen molar-refractivity contribution in [1.29, 1.82) is 0 Å². The first kappa shape index (κ1) is 23.4. The molecule has 1 aliphatic rings. The van der Waals surface area contributed by atoms with Crippen molar-refractivity contribution in [2.75, 3.05) is 58.4 Å². The lowest BCUT2D eigenvalue weighted by Gasteiger charge is -2.34. The van der Waals surface area contributed by atoms with Crippen LogP contribution in [0.4, 0.5) is 5.13 Å². The maximum Gasteiger partial charge on any atom is 0.244 e. The first-order valence-corrected chi connectivity index (χ1v) is 12.0. The number of thiazole rings is 1. The summed E-state index contributed by atoms with van der Waals surface area (Å²) in [5.74, 6) is 1.25. The average Bonchev–Trinajstić information content (AvgIpc) is 3.27. The zero-order chi connectivity index (χ0) is 23.2. The van der Waals surface area contributed by atoms with Crippen LogP contribution in [-0.4, -0.2) is 69.3 Å². The van der Waals surface area contributed by atoms with Crippen molar-refractivity contribution in [3.63, 3.8) is 0 Å². The van der Waals surface area contributed by atoms with Crippen LogP contribution in [0.3, 0.4) is 0 Å².